The first-order valence-corrected chi connectivity index (χ1v) is 12.7. The molecule has 13 heteroatoms. The second-order valence-electron chi connectivity index (χ2n) is 8.83. The van der Waals surface area contributed by atoms with Crippen LogP contribution in [0.25, 0.3) is 27.6 Å². The largest absolute Gasteiger partial charge is 0.495 e. The fourth-order valence-electron chi connectivity index (χ4n) is 4.50. The molecule has 2 N–H and O–H groups in total. The van der Waals surface area contributed by atoms with E-state index < -0.39 is 11.5 Å². The number of ether oxygens (including phenoxy) is 4. The normalized spacial score (nSPS) is 10.3. The Hall–Kier alpha value is -4.51. The minimum Gasteiger partial charge on any atom is -0.495 e. The van der Waals surface area contributed by atoms with Gasteiger partial charge in [0.1, 0.15) is 34.6 Å². The van der Waals surface area contributed by atoms with E-state index in [4.69, 9.17) is 36.3 Å². The Morgan fingerprint density at radius 2 is 1.60 bits per heavy atom. The van der Waals surface area contributed by atoms with Crippen molar-refractivity contribution in [3.05, 3.63) is 100.0 Å². The monoisotopic (exact) mass is 644 g/mol. The number of nitrogens with two attached hydrogens (primary N) is 1. The van der Waals surface area contributed by atoms with Crippen molar-refractivity contribution in [2.45, 2.75) is 6.61 Å². The molecule has 0 saturated carbocycles. The van der Waals surface area contributed by atoms with Crippen molar-refractivity contribution in [1.29, 1.82) is 0 Å². The number of hydrogen-bond donors (Lipinski definition) is 1. The maximum Gasteiger partial charge on any atom is 0.355 e. The Labute approximate surface area is 264 Å². The maximum absolute atomic E-state index is 14.1. The van der Waals surface area contributed by atoms with Crippen molar-refractivity contribution in [3.8, 4) is 34.1 Å². The van der Waals surface area contributed by atoms with Gasteiger partial charge in [0, 0.05) is 29.3 Å². The van der Waals surface area contributed by atoms with Crippen LogP contribution in [0.5, 0.6) is 17.2 Å². The van der Waals surface area contributed by atoms with Gasteiger partial charge in [0.05, 0.1) is 38.6 Å². The van der Waals surface area contributed by atoms with Crippen LogP contribution in [0, 0.1) is 0 Å². The van der Waals surface area contributed by atoms with E-state index in [1.165, 1.54) is 25.9 Å². The van der Waals surface area contributed by atoms with Gasteiger partial charge in [-0.25, -0.2) is 4.79 Å². The molecule has 10 nitrogen and oxygen atoms in total. The maximum atomic E-state index is 14.1. The summed E-state index contributed by atoms with van der Waals surface area (Å²) in [6, 6.07) is 15.0. The molecular weight excluding hydrogens is 619 g/mol. The van der Waals surface area contributed by atoms with Crippen LogP contribution >= 0.6 is 36.4 Å². The Balaban J connectivity index is 0.00000253. The van der Waals surface area contributed by atoms with Crippen LogP contribution in [0.3, 0.4) is 0 Å². The molecule has 224 valence electrons. The number of fused-ring (bicyclic) bond motifs is 1. The van der Waals surface area contributed by atoms with Crippen molar-refractivity contribution < 1.29 is 23.7 Å². The highest BCUT2D eigenvalue weighted by Gasteiger charge is 2.27. The first-order chi connectivity index (χ1) is 19.9. The molecule has 43 heavy (non-hydrogen) atoms. The molecule has 2 aromatic heterocycles. The molecule has 0 spiro atoms. The number of carbonyl (C=O) groups excluding carboxylic acids is 1. The van der Waals surface area contributed by atoms with Crippen LogP contribution in [-0.4, -0.2) is 41.8 Å². The third-order valence-electron chi connectivity index (χ3n) is 6.42. The molecule has 0 aliphatic carbocycles. The summed E-state index contributed by atoms with van der Waals surface area (Å²) in [6.45, 7) is 0.143. The van der Waals surface area contributed by atoms with Crippen LogP contribution in [-0.2, 0) is 11.3 Å². The van der Waals surface area contributed by atoms with E-state index in [2.05, 4.69) is 9.97 Å². The minimum atomic E-state index is -0.730. The molecular formula is C30H27Cl3N4O6. The molecule has 0 aliphatic rings. The molecule has 3 aromatic carbocycles. The van der Waals surface area contributed by atoms with Gasteiger partial charge in [-0.2, -0.15) is 0 Å². The first-order valence-electron chi connectivity index (χ1n) is 12.3. The van der Waals surface area contributed by atoms with E-state index in [1.54, 1.807) is 73.2 Å². The predicted octanol–water partition coefficient (Wildman–Crippen LogP) is 5.91. The second-order valence-corrected chi connectivity index (χ2v) is 9.21. The fourth-order valence-corrected chi connectivity index (χ4v) is 4.76. The number of esters is 1. The zero-order chi connectivity index (χ0) is 29.1. The standard InChI is InChI=1S/C30H25ClN4O6.2ClH/c1-38-24-12-17(13-25(39-2)27(24)31)26-22-9-8-21(41-16-19-15-33-10-11-34-19)14-23(22)29(36)35(28(26)30(37)40-3)20-6-4-18(32)5-7-20;;/h4-15H,16,32H2,1-3H3;2*1H. The SMILES string of the molecule is COC(=O)c1c(-c2cc(OC)c(Cl)c(OC)c2)c2ccc(OCc3cnccn3)cc2c(=O)n1-c1ccc(N)cc1.Cl.Cl. The minimum absolute atomic E-state index is 0. The third-order valence-corrected chi connectivity index (χ3v) is 6.79. The molecule has 5 rings (SSSR count). The zero-order valence-electron chi connectivity index (χ0n) is 23.2. The number of hydrogen-bond acceptors (Lipinski definition) is 9. The van der Waals surface area contributed by atoms with Crippen molar-refractivity contribution in [2.24, 2.45) is 0 Å². The molecule has 0 bridgehead atoms. The summed E-state index contributed by atoms with van der Waals surface area (Å²) >= 11 is 6.45. The number of carbonyl (C=O) groups is 1. The van der Waals surface area contributed by atoms with Gasteiger partial charge >= 0.3 is 5.97 Å². The van der Waals surface area contributed by atoms with E-state index >= 15 is 0 Å². The van der Waals surface area contributed by atoms with Crippen molar-refractivity contribution in [2.75, 3.05) is 27.1 Å². The number of aromatic nitrogens is 3. The molecule has 0 unspecified atom stereocenters. The van der Waals surface area contributed by atoms with Gasteiger partial charge in [0.25, 0.3) is 5.56 Å². The smallest absolute Gasteiger partial charge is 0.355 e. The van der Waals surface area contributed by atoms with Crippen LogP contribution in [0.4, 0.5) is 5.69 Å². The Kier molecular flexibility index (Phi) is 10.8. The van der Waals surface area contributed by atoms with Gasteiger partial charge in [-0.05, 0) is 65.5 Å². The van der Waals surface area contributed by atoms with Crippen molar-refractivity contribution >= 4 is 58.8 Å². The predicted molar refractivity (Wildman–Crippen MR) is 170 cm³/mol. The fraction of sp³-hybridized carbons (Fsp3) is 0.133. The van der Waals surface area contributed by atoms with Crippen LogP contribution < -0.4 is 25.5 Å². The molecule has 0 saturated heterocycles. The Morgan fingerprint density at radius 1 is 0.930 bits per heavy atom. The Morgan fingerprint density at radius 3 is 2.19 bits per heavy atom. The summed E-state index contributed by atoms with van der Waals surface area (Å²) in [5.41, 5.74) is 7.87. The van der Waals surface area contributed by atoms with E-state index in [0.29, 0.717) is 50.8 Å². The average Bonchev–Trinajstić information content (AvgIpc) is 3.01. The highest BCUT2D eigenvalue weighted by Crippen LogP contribution is 2.42. The highest BCUT2D eigenvalue weighted by atomic mass is 35.5. The van der Waals surface area contributed by atoms with E-state index in [0.717, 1.165) is 0 Å². The molecule has 0 amide bonds. The quantitative estimate of drug-likeness (QED) is 0.162. The van der Waals surface area contributed by atoms with E-state index in [1.807, 2.05) is 0 Å². The summed E-state index contributed by atoms with van der Waals surface area (Å²) in [4.78, 5) is 35.8. The lowest BCUT2D eigenvalue weighted by molar-refractivity contribution is 0.0591. The summed E-state index contributed by atoms with van der Waals surface area (Å²) in [6.07, 6.45) is 4.73. The van der Waals surface area contributed by atoms with Gasteiger partial charge in [-0.3, -0.25) is 19.3 Å². The van der Waals surface area contributed by atoms with Gasteiger partial charge in [0.2, 0.25) is 0 Å². The molecule has 2 heterocycles. The first kappa shape index (κ1) is 33.0. The number of anilines is 1. The molecule has 0 radical (unpaired) electrons. The van der Waals surface area contributed by atoms with E-state index in [-0.39, 0.29) is 47.5 Å². The molecule has 5 aromatic rings. The second kappa shape index (κ2) is 14.1. The van der Waals surface area contributed by atoms with Crippen molar-refractivity contribution in [1.82, 2.24) is 14.5 Å². The van der Waals surface area contributed by atoms with Crippen molar-refractivity contribution in [3.63, 3.8) is 0 Å². The number of pyridine rings is 1. The van der Waals surface area contributed by atoms with Crippen LogP contribution in [0.2, 0.25) is 5.02 Å². The molecule has 0 atom stereocenters. The highest BCUT2D eigenvalue weighted by molar-refractivity contribution is 6.33. The van der Waals surface area contributed by atoms with Gasteiger partial charge < -0.3 is 24.7 Å². The van der Waals surface area contributed by atoms with Gasteiger partial charge in [-0.1, -0.05) is 11.6 Å². The number of rotatable bonds is 8. The van der Waals surface area contributed by atoms with Gasteiger partial charge in [0.15, 0.2) is 0 Å². The zero-order valence-corrected chi connectivity index (χ0v) is 25.6. The average molecular weight is 646 g/mol. The van der Waals surface area contributed by atoms with Crippen LogP contribution in [0.15, 0.2) is 78.0 Å². The number of halogens is 3. The molecule has 0 fully saturated rings. The van der Waals surface area contributed by atoms with Gasteiger partial charge in [-0.15, -0.1) is 24.8 Å². The summed E-state index contributed by atoms with van der Waals surface area (Å²) in [5, 5.41) is 1.02. The van der Waals surface area contributed by atoms with E-state index in [9.17, 15) is 9.59 Å². The molecule has 0 aliphatic heterocycles. The Bertz CT molecular complexity index is 1790. The lowest BCUT2D eigenvalue weighted by atomic mass is 9.95. The number of methoxy groups -OCH3 is 3. The summed E-state index contributed by atoms with van der Waals surface area (Å²) in [5.74, 6) is 0.331. The lowest BCUT2D eigenvalue weighted by Crippen LogP contribution is -2.27. The number of benzene rings is 3. The third kappa shape index (κ3) is 6.46. The topological polar surface area (TPSA) is 128 Å². The lowest BCUT2D eigenvalue weighted by Gasteiger charge is -2.20. The number of nitrogen functional groups attached to an aromatic ring is 1. The summed E-state index contributed by atoms with van der Waals surface area (Å²) in [7, 11) is 4.19. The van der Waals surface area contributed by atoms with Crippen LogP contribution in [0.1, 0.15) is 16.2 Å². The summed E-state index contributed by atoms with van der Waals surface area (Å²) < 4.78 is 23.4. The number of nitrogens with zero attached hydrogens (tertiary/aromatic N) is 3.